The molecule has 7 heteroatoms. The molecule has 19 heavy (non-hydrogen) atoms. The molecule has 1 aromatic carbocycles. The van der Waals surface area contributed by atoms with E-state index in [1.165, 1.54) is 12.1 Å². The zero-order valence-corrected chi connectivity index (χ0v) is 10.0. The largest absolute Gasteiger partial charge is 0.486 e. The highest BCUT2D eigenvalue weighted by Gasteiger charge is 2.40. The van der Waals surface area contributed by atoms with Crippen molar-refractivity contribution in [3.63, 3.8) is 0 Å². The number of nitrogens with zero attached hydrogens (tertiary/aromatic N) is 1. The SMILES string of the molecule is CC1C(Oc2cccc(C(F)(F)F)c2)CN1C(=O)O. The zero-order chi connectivity index (χ0) is 14.2. The highest BCUT2D eigenvalue weighted by molar-refractivity contribution is 5.66. The Balaban J connectivity index is 2.04. The number of alkyl halides is 3. The van der Waals surface area contributed by atoms with Gasteiger partial charge in [0.05, 0.1) is 18.2 Å². The molecule has 4 nitrogen and oxygen atoms in total. The van der Waals surface area contributed by atoms with Crippen LogP contribution in [0, 0.1) is 0 Å². The van der Waals surface area contributed by atoms with Crippen molar-refractivity contribution >= 4 is 6.09 Å². The summed E-state index contributed by atoms with van der Waals surface area (Å²) in [5.41, 5.74) is -0.785. The van der Waals surface area contributed by atoms with E-state index in [1.54, 1.807) is 6.92 Å². The summed E-state index contributed by atoms with van der Waals surface area (Å²) in [6.07, 6.45) is -5.89. The van der Waals surface area contributed by atoms with Crippen molar-refractivity contribution in [3.05, 3.63) is 29.8 Å². The number of likely N-dealkylation sites (tertiary alicyclic amines) is 1. The lowest BCUT2D eigenvalue weighted by molar-refractivity contribution is -0.137. The number of hydrogen-bond acceptors (Lipinski definition) is 2. The molecular formula is C12H12F3NO3. The van der Waals surface area contributed by atoms with E-state index in [1.807, 2.05) is 0 Å². The first-order valence-electron chi connectivity index (χ1n) is 5.62. The molecule has 0 bridgehead atoms. The van der Waals surface area contributed by atoms with E-state index >= 15 is 0 Å². The van der Waals surface area contributed by atoms with Crippen molar-refractivity contribution in [2.24, 2.45) is 0 Å². The number of carbonyl (C=O) groups is 1. The lowest BCUT2D eigenvalue weighted by Gasteiger charge is -2.43. The van der Waals surface area contributed by atoms with Gasteiger partial charge < -0.3 is 9.84 Å². The maximum atomic E-state index is 12.5. The van der Waals surface area contributed by atoms with Gasteiger partial charge in [0, 0.05) is 0 Å². The van der Waals surface area contributed by atoms with Crippen LogP contribution in [0.2, 0.25) is 0 Å². The van der Waals surface area contributed by atoms with E-state index in [0.29, 0.717) is 0 Å². The van der Waals surface area contributed by atoms with Crippen LogP contribution >= 0.6 is 0 Å². The zero-order valence-electron chi connectivity index (χ0n) is 10.0. The number of benzene rings is 1. The van der Waals surface area contributed by atoms with Gasteiger partial charge in [-0.05, 0) is 25.1 Å². The Bertz CT molecular complexity index is 489. The summed E-state index contributed by atoms with van der Waals surface area (Å²) in [5.74, 6) is 0.0942. The average Bonchev–Trinajstić information content (AvgIpc) is 2.32. The smallest absolute Gasteiger partial charge is 0.416 e. The Hall–Kier alpha value is -1.92. The highest BCUT2D eigenvalue weighted by Crippen LogP contribution is 2.32. The molecule has 0 aliphatic carbocycles. The molecule has 0 spiro atoms. The average molecular weight is 275 g/mol. The third-order valence-electron chi connectivity index (χ3n) is 3.10. The van der Waals surface area contributed by atoms with Crippen LogP contribution in [0.3, 0.4) is 0 Å². The first-order valence-corrected chi connectivity index (χ1v) is 5.62. The Morgan fingerprint density at radius 3 is 2.68 bits per heavy atom. The molecule has 1 aliphatic heterocycles. The molecule has 1 heterocycles. The number of rotatable bonds is 2. The molecule has 2 atom stereocenters. The van der Waals surface area contributed by atoms with Gasteiger partial charge in [0.25, 0.3) is 0 Å². The lowest BCUT2D eigenvalue weighted by Crippen LogP contribution is -2.62. The van der Waals surface area contributed by atoms with Crippen LogP contribution in [0.5, 0.6) is 5.75 Å². The third kappa shape index (κ3) is 2.74. The quantitative estimate of drug-likeness (QED) is 0.902. The van der Waals surface area contributed by atoms with Crippen molar-refractivity contribution in [2.75, 3.05) is 6.54 Å². The molecule has 0 saturated carbocycles. The lowest BCUT2D eigenvalue weighted by atomic mass is 10.0. The van der Waals surface area contributed by atoms with Crippen LogP contribution in [-0.2, 0) is 6.18 Å². The molecule has 1 aliphatic rings. The molecule has 2 rings (SSSR count). The van der Waals surface area contributed by atoms with E-state index in [0.717, 1.165) is 17.0 Å². The van der Waals surface area contributed by atoms with Gasteiger partial charge in [-0.15, -0.1) is 0 Å². The number of amides is 1. The van der Waals surface area contributed by atoms with Crippen molar-refractivity contribution in [1.82, 2.24) is 4.90 Å². The Morgan fingerprint density at radius 1 is 1.47 bits per heavy atom. The molecule has 1 N–H and O–H groups in total. The number of carboxylic acid groups (broad SMARTS) is 1. The molecule has 1 fully saturated rings. The molecule has 0 radical (unpaired) electrons. The summed E-state index contributed by atoms with van der Waals surface area (Å²) >= 11 is 0. The van der Waals surface area contributed by atoms with E-state index in [9.17, 15) is 18.0 Å². The van der Waals surface area contributed by atoms with Crippen molar-refractivity contribution < 1.29 is 27.8 Å². The summed E-state index contributed by atoms with van der Waals surface area (Å²) in [4.78, 5) is 11.9. The second kappa shape index (κ2) is 4.64. The molecular weight excluding hydrogens is 263 g/mol. The number of ether oxygens (including phenoxy) is 1. The van der Waals surface area contributed by atoms with E-state index in [-0.39, 0.29) is 18.3 Å². The van der Waals surface area contributed by atoms with Gasteiger partial charge in [0.2, 0.25) is 0 Å². The molecule has 1 saturated heterocycles. The van der Waals surface area contributed by atoms with Crippen LogP contribution < -0.4 is 4.74 Å². The molecule has 1 amide bonds. The highest BCUT2D eigenvalue weighted by atomic mass is 19.4. The van der Waals surface area contributed by atoms with Gasteiger partial charge in [-0.2, -0.15) is 13.2 Å². The van der Waals surface area contributed by atoms with Gasteiger partial charge in [-0.1, -0.05) is 6.07 Å². The summed E-state index contributed by atoms with van der Waals surface area (Å²) in [7, 11) is 0. The predicted octanol–water partition coefficient (Wildman–Crippen LogP) is 2.83. The van der Waals surface area contributed by atoms with Crippen LogP contribution in [0.4, 0.5) is 18.0 Å². The number of halogens is 3. The molecule has 104 valence electrons. The van der Waals surface area contributed by atoms with Crippen molar-refractivity contribution in [2.45, 2.75) is 25.2 Å². The fourth-order valence-electron chi connectivity index (χ4n) is 1.88. The summed E-state index contributed by atoms with van der Waals surface area (Å²) < 4.78 is 42.9. The summed E-state index contributed by atoms with van der Waals surface area (Å²) in [5, 5.41) is 8.76. The Morgan fingerprint density at radius 2 is 2.16 bits per heavy atom. The van der Waals surface area contributed by atoms with Crippen LogP contribution in [0.25, 0.3) is 0 Å². The first kappa shape index (κ1) is 13.5. The van der Waals surface area contributed by atoms with Crippen molar-refractivity contribution in [3.8, 4) is 5.75 Å². The Labute approximate surface area is 107 Å². The normalized spacial score (nSPS) is 22.8. The number of hydrogen-bond donors (Lipinski definition) is 1. The minimum atomic E-state index is -4.42. The van der Waals surface area contributed by atoms with Gasteiger partial charge in [0.15, 0.2) is 0 Å². The Kier molecular flexibility index (Phi) is 3.30. The first-order chi connectivity index (χ1) is 8.79. The van der Waals surface area contributed by atoms with Crippen LogP contribution in [0.1, 0.15) is 12.5 Å². The fourth-order valence-corrected chi connectivity index (χ4v) is 1.88. The second-order valence-electron chi connectivity index (χ2n) is 4.36. The molecule has 0 aromatic heterocycles. The monoisotopic (exact) mass is 275 g/mol. The molecule has 1 aromatic rings. The van der Waals surface area contributed by atoms with E-state index < -0.39 is 23.9 Å². The molecule has 2 unspecified atom stereocenters. The topological polar surface area (TPSA) is 49.8 Å². The van der Waals surface area contributed by atoms with Gasteiger partial charge in [0.1, 0.15) is 11.9 Å². The minimum Gasteiger partial charge on any atom is -0.486 e. The van der Waals surface area contributed by atoms with Crippen molar-refractivity contribution in [1.29, 1.82) is 0 Å². The van der Waals surface area contributed by atoms with Gasteiger partial charge >= 0.3 is 12.3 Å². The van der Waals surface area contributed by atoms with Gasteiger partial charge in [-0.25, -0.2) is 4.79 Å². The van der Waals surface area contributed by atoms with Crippen LogP contribution in [0.15, 0.2) is 24.3 Å². The van der Waals surface area contributed by atoms with Gasteiger partial charge in [-0.3, -0.25) is 4.90 Å². The fraction of sp³-hybridized carbons (Fsp3) is 0.417. The minimum absolute atomic E-state index is 0.0942. The van der Waals surface area contributed by atoms with E-state index in [2.05, 4.69) is 0 Å². The summed E-state index contributed by atoms with van der Waals surface area (Å²) in [6, 6.07) is 4.19. The maximum absolute atomic E-state index is 12.5. The van der Waals surface area contributed by atoms with Crippen LogP contribution in [-0.4, -0.2) is 34.8 Å². The summed E-state index contributed by atoms with van der Waals surface area (Å²) in [6.45, 7) is 1.81. The van der Waals surface area contributed by atoms with E-state index in [4.69, 9.17) is 9.84 Å². The second-order valence-corrected chi connectivity index (χ2v) is 4.36. The standard InChI is InChI=1S/C12H12F3NO3/c1-7-10(6-16(7)11(17)18)19-9-4-2-3-8(5-9)12(13,14)15/h2-5,7,10H,6H2,1H3,(H,17,18). The maximum Gasteiger partial charge on any atom is 0.416 e. The predicted molar refractivity (Wildman–Crippen MR) is 60.1 cm³/mol. The third-order valence-corrected chi connectivity index (χ3v) is 3.10.